The van der Waals surface area contributed by atoms with Gasteiger partial charge in [0.25, 0.3) is 0 Å². The monoisotopic (exact) mass is 220 g/mol. The highest BCUT2D eigenvalue weighted by atomic mass is 16.5. The molecular weight excluding hydrogens is 204 g/mol. The van der Waals surface area contributed by atoms with Gasteiger partial charge >= 0.3 is 0 Å². The van der Waals surface area contributed by atoms with Crippen LogP contribution in [-0.2, 0) is 4.74 Å². The number of para-hydroxylation sites is 1. The van der Waals surface area contributed by atoms with Gasteiger partial charge < -0.3 is 15.6 Å². The summed E-state index contributed by atoms with van der Waals surface area (Å²) in [7, 11) is 0. The molecule has 1 aliphatic heterocycles. The van der Waals surface area contributed by atoms with Gasteiger partial charge in [0.15, 0.2) is 5.90 Å². The van der Waals surface area contributed by atoms with Crippen LogP contribution >= 0.6 is 0 Å². The number of ether oxygens (including phenoxy) is 1. The highest BCUT2D eigenvalue weighted by Gasteiger charge is 2.22. The summed E-state index contributed by atoms with van der Waals surface area (Å²) in [6.07, 6.45) is 1.66. The average Bonchev–Trinajstić information content (AvgIpc) is 2.75. The highest BCUT2D eigenvalue weighted by Crippen LogP contribution is 2.30. The van der Waals surface area contributed by atoms with Crippen LogP contribution in [0.4, 0.5) is 0 Å². The number of hydrogen-bond acceptors (Lipinski definition) is 4. The minimum absolute atomic E-state index is 0.0750. The van der Waals surface area contributed by atoms with Gasteiger partial charge in [-0.2, -0.15) is 0 Å². The molecule has 0 spiro atoms. The summed E-state index contributed by atoms with van der Waals surface area (Å²) in [5, 5.41) is 9.69. The fourth-order valence-corrected chi connectivity index (χ4v) is 1.74. The molecule has 1 aromatic carbocycles. The van der Waals surface area contributed by atoms with E-state index in [1.165, 1.54) is 0 Å². The SMILES string of the molecule is NCCCC1=NC(c2ccccc2O)CO1. The Morgan fingerprint density at radius 3 is 3.00 bits per heavy atom. The maximum atomic E-state index is 9.69. The molecule has 3 N–H and O–H groups in total. The summed E-state index contributed by atoms with van der Waals surface area (Å²) in [5.74, 6) is 1.03. The third-order valence-electron chi connectivity index (χ3n) is 2.60. The summed E-state index contributed by atoms with van der Waals surface area (Å²) in [6.45, 7) is 1.15. The van der Waals surface area contributed by atoms with E-state index in [0.29, 0.717) is 13.2 Å². The van der Waals surface area contributed by atoms with Crippen LogP contribution in [0.3, 0.4) is 0 Å². The van der Waals surface area contributed by atoms with Crippen molar-refractivity contribution in [1.82, 2.24) is 0 Å². The summed E-state index contributed by atoms with van der Waals surface area (Å²) < 4.78 is 5.46. The Kier molecular flexibility index (Phi) is 3.41. The number of benzene rings is 1. The first-order valence-electron chi connectivity index (χ1n) is 5.48. The molecule has 86 valence electrons. The lowest BCUT2D eigenvalue weighted by Crippen LogP contribution is -2.04. The van der Waals surface area contributed by atoms with E-state index in [1.54, 1.807) is 12.1 Å². The second-order valence-corrected chi connectivity index (χ2v) is 3.80. The molecule has 1 heterocycles. The Labute approximate surface area is 94.8 Å². The molecule has 0 saturated heterocycles. The minimum atomic E-state index is -0.0750. The molecule has 0 aromatic heterocycles. The standard InChI is InChI=1S/C12H16N2O2/c13-7-3-6-12-14-10(8-16-12)9-4-1-2-5-11(9)15/h1-2,4-5,10,15H,3,6-8,13H2. The van der Waals surface area contributed by atoms with Gasteiger partial charge in [0.2, 0.25) is 0 Å². The quantitative estimate of drug-likeness (QED) is 0.809. The average molecular weight is 220 g/mol. The van der Waals surface area contributed by atoms with Crippen molar-refractivity contribution in [1.29, 1.82) is 0 Å². The molecule has 2 rings (SSSR count). The molecule has 1 aliphatic rings. The van der Waals surface area contributed by atoms with Crippen molar-refractivity contribution in [3.8, 4) is 5.75 Å². The van der Waals surface area contributed by atoms with Crippen molar-refractivity contribution >= 4 is 5.90 Å². The summed E-state index contributed by atoms with van der Waals surface area (Å²) in [5.41, 5.74) is 6.25. The molecule has 1 atom stereocenters. The molecule has 16 heavy (non-hydrogen) atoms. The van der Waals surface area contributed by atoms with Gasteiger partial charge in [-0.1, -0.05) is 18.2 Å². The summed E-state index contributed by atoms with van der Waals surface area (Å²) in [6, 6.07) is 7.16. The predicted octanol–water partition coefficient (Wildman–Crippen LogP) is 1.60. The largest absolute Gasteiger partial charge is 0.508 e. The maximum Gasteiger partial charge on any atom is 0.184 e. The second kappa shape index (κ2) is 4.99. The van der Waals surface area contributed by atoms with Gasteiger partial charge in [0, 0.05) is 12.0 Å². The van der Waals surface area contributed by atoms with Gasteiger partial charge in [-0.15, -0.1) is 0 Å². The first kappa shape index (κ1) is 11.0. The zero-order valence-corrected chi connectivity index (χ0v) is 9.10. The van der Waals surface area contributed by atoms with E-state index in [9.17, 15) is 5.11 Å². The molecule has 0 amide bonds. The van der Waals surface area contributed by atoms with E-state index in [0.717, 1.165) is 24.3 Å². The van der Waals surface area contributed by atoms with Crippen molar-refractivity contribution in [2.75, 3.05) is 13.2 Å². The van der Waals surface area contributed by atoms with Crippen molar-refractivity contribution in [2.45, 2.75) is 18.9 Å². The molecule has 4 heteroatoms. The van der Waals surface area contributed by atoms with Crippen LogP contribution < -0.4 is 5.73 Å². The molecule has 0 saturated carbocycles. The van der Waals surface area contributed by atoms with Crippen molar-refractivity contribution < 1.29 is 9.84 Å². The number of aliphatic imine (C=N–C) groups is 1. The molecule has 0 bridgehead atoms. The number of phenols is 1. The van der Waals surface area contributed by atoms with Crippen molar-refractivity contribution in [3.05, 3.63) is 29.8 Å². The fraction of sp³-hybridized carbons (Fsp3) is 0.417. The van der Waals surface area contributed by atoms with E-state index < -0.39 is 0 Å². The normalized spacial score (nSPS) is 19.3. The maximum absolute atomic E-state index is 9.69. The number of phenolic OH excluding ortho intramolecular Hbond substituents is 1. The zero-order chi connectivity index (χ0) is 11.4. The highest BCUT2D eigenvalue weighted by molar-refractivity contribution is 5.78. The van der Waals surface area contributed by atoms with Gasteiger partial charge in [-0.25, -0.2) is 4.99 Å². The first-order valence-corrected chi connectivity index (χ1v) is 5.48. The fourth-order valence-electron chi connectivity index (χ4n) is 1.74. The van der Waals surface area contributed by atoms with E-state index >= 15 is 0 Å². The first-order chi connectivity index (χ1) is 7.81. The summed E-state index contributed by atoms with van der Waals surface area (Å²) in [4.78, 5) is 4.44. The minimum Gasteiger partial charge on any atom is -0.508 e. The smallest absolute Gasteiger partial charge is 0.184 e. The van der Waals surface area contributed by atoms with Crippen LogP contribution in [0, 0.1) is 0 Å². The number of hydrogen-bond donors (Lipinski definition) is 2. The lowest BCUT2D eigenvalue weighted by molar-refractivity contribution is 0.308. The Bertz CT molecular complexity index is 390. The van der Waals surface area contributed by atoms with Crippen LogP contribution in [0.25, 0.3) is 0 Å². The van der Waals surface area contributed by atoms with Gasteiger partial charge in [-0.05, 0) is 19.0 Å². The Morgan fingerprint density at radius 1 is 1.44 bits per heavy atom. The lowest BCUT2D eigenvalue weighted by Gasteiger charge is -2.06. The second-order valence-electron chi connectivity index (χ2n) is 3.80. The molecule has 0 fully saturated rings. The van der Waals surface area contributed by atoms with Crippen LogP contribution in [0.15, 0.2) is 29.3 Å². The van der Waals surface area contributed by atoms with E-state index in [-0.39, 0.29) is 11.8 Å². The molecule has 0 aliphatic carbocycles. The molecule has 0 radical (unpaired) electrons. The molecule has 4 nitrogen and oxygen atoms in total. The predicted molar refractivity (Wildman–Crippen MR) is 62.5 cm³/mol. The van der Waals surface area contributed by atoms with Gasteiger partial charge in [-0.3, -0.25) is 0 Å². The van der Waals surface area contributed by atoms with E-state index in [4.69, 9.17) is 10.5 Å². The van der Waals surface area contributed by atoms with Crippen LogP contribution in [0.2, 0.25) is 0 Å². The molecular formula is C12H16N2O2. The van der Waals surface area contributed by atoms with Crippen LogP contribution in [-0.4, -0.2) is 24.2 Å². The third-order valence-corrected chi connectivity index (χ3v) is 2.60. The van der Waals surface area contributed by atoms with Gasteiger partial charge in [0.1, 0.15) is 18.4 Å². The molecule has 1 aromatic rings. The summed E-state index contributed by atoms with van der Waals surface area (Å²) >= 11 is 0. The zero-order valence-electron chi connectivity index (χ0n) is 9.10. The lowest BCUT2D eigenvalue weighted by atomic mass is 10.1. The molecule has 1 unspecified atom stereocenters. The van der Waals surface area contributed by atoms with Crippen LogP contribution in [0.5, 0.6) is 5.75 Å². The van der Waals surface area contributed by atoms with Crippen LogP contribution in [0.1, 0.15) is 24.4 Å². The van der Waals surface area contributed by atoms with E-state index in [2.05, 4.69) is 4.99 Å². The topological polar surface area (TPSA) is 67.8 Å². The Hall–Kier alpha value is -1.55. The van der Waals surface area contributed by atoms with Gasteiger partial charge in [0.05, 0.1) is 0 Å². The Morgan fingerprint density at radius 2 is 2.25 bits per heavy atom. The van der Waals surface area contributed by atoms with Crippen molar-refractivity contribution in [2.24, 2.45) is 10.7 Å². The Balaban J connectivity index is 2.07. The third kappa shape index (κ3) is 2.33. The van der Waals surface area contributed by atoms with Crippen molar-refractivity contribution in [3.63, 3.8) is 0 Å². The number of rotatable bonds is 4. The van der Waals surface area contributed by atoms with E-state index in [1.807, 2.05) is 12.1 Å². The number of nitrogens with zero attached hydrogens (tertiary/aromatic N) is 1. The number of nitrogens with two attached hydrogens (primary N) is 1. The number of aromatic hydroxyl groups is 1.